The number of pyridine rings is 1. The van der Waals surface area contributed by atoms with Crippen molar-refractivity contribution >= 4 is 29.0 Å². The van der Waals surface area contributed by atoms with Crippen molar-refractivity contribution in [2.75, 3.05) is 7.11 Å². The largest absolute Gasteiger partial charge is 0.496 e. The van der Waals surface area contributed by atoms with Gasteiger partial charge in [-0.15, -0.1) is 0 Å². The van der Waals surface area contributed by atoms with E-state index in [0.717, 1.165) is 0 Å². The molecule has 0 N–H and O–H groups in total. The fraction of sp³-hybridized carbons (Fsp3) is 0.0500. The third kappa shape index (κ3) is 4.74. The van der Waals surface area contributed by atoms with E-state index in [0.29, 0.717) is 21.9 Å². The Kier molecular flexibility index (Phi) is 6.16. The number of methoxy groups -OCH3 is 1. The molecule has 0 aliphatic heterocycles. The molecule has 0 aliphatic rings. The second kappa shape index (κ2) is 8.94. The summed E-state index contributed by atoms with van der Waals surface area (Å²) in [5.41, 5.74) is 1.48. The van der Waals surface area contributed by atoms with Crippen molar-refractivity contribution in [3.63, 3.8) is 0 Å². The standard InChI is InChI=1S/C20H14ClN3O5/c1-28-18-7-4-15(21)12-17(18)20(25)29-23-19(14-8-10-22-11-9-14)13-2-5-16(6-3-13)24(26)27/h2-12H,1H3. The van der Waals surface area contributed by atoms with E-state index in [9.17, 15) is 14.9 Å². The lowest BCUT2D eigenvalue weighted by Crippen LogP contribution is -2.09. The molecule has 0 saturated carbocycles. The van der Waals surface area contributed by atoms with Crippen molar-refractivity contribution in [3.8, 4) is 5.75 Å². The number of hydrogen-bond acceptors (Lipinski definition) is 7. The first kappa shape index (κ1) is 20.0. The van der Waals surface area contributed by atoms with Gasteiger partial charge in [-0.3, -0.25) is 15.1 Å². The number of carbonyl (C=O) groups is 1. The summed E-state index contributed by atoms with van der Waals surface area (Å²) in [7, 11) is 1.42. The summed E-state index contributed by atoms with van der Waals surface area (Å²) in [6.45, 7) is 0. The number of rotatable bonds is 6. The maximum Gasteiger partial charge on any atom is 0.369 e. The highest BCUT2D eigenvalue weighted by Gasteiger charge is 2.17. The van der Waals surface area contributed by atoms with Crippen LogP contribution in [-0.4, -0.2) is 28.7 Å². The van der Waals surface area contributed by atoms with Gasteiger partial charge in [0.1, 0.15) is 17.0 Å². The predicted octanol–water partition coefficient (Wildman–Crippen LogP) is 4.26. The number of ether oxygens (including phenoxy) is 1. The van der Waals surface area contributed by atoms with Crippen LogP contribution in [0.5, 0.6) is 5.75 Å². The zero-order chi connectivity index (χ0) is 20.8. The first-order valence-corrected chi connectivity index (χ1v) is 8.65. The van der Waals surface area contributed by atoms with Crippen LogP contribution in [0.4, 0.5) is 5.69 Å². The molecule has 1 heterocycles. The molecular weight excluding hydrogens is 398 g/mol. The molecule has 0 bridgehead atoms. The molecule has 9 heteroatoms. The van der Waals surface area contributed by atoms with Gasteiger partial charge in [-0.05, 0) is 42.5 Å². The highest BCUT2D eigenvalue weighted by molar-refractivity contribution is 6.31. The van der Waals surface area contributed by atoms with Crippen molar-refractivity contribution in [3.05, 3.63) is 98.8 Å². The molecule has 29 heavy (non-hydrogen) atoms. The summed E-state index contributed by atoms with van der Waals surface area (Å²) >= 11 is 5.95. The third-order valence-corrected chi connectivity index (χ3v) is 4.14. The van der Waals surface area contributed by atoms with Gasteiger partial charge in [-0.2, -0.15) is 0 Å². The number of nitrogens with zero attached hydrogens (tertiary/aromatic N) is 3. The summed E-state index contributed by atoms with van der Waals surface area (Å²) in [5, 5.41) is 15.2. The molecule has 8 nitrogen and oxygen atoms in total. The SMILES string of the molecule is COc1ccc(Cl)cc1C(=O)ON=C(c1ccncc1)c1ccc([N+](=O)[O-])cc1. The van der Waals surface area contributed by atoms with E-state index in [1.165, 1.54) is 37.4 Å². The highest BCUT2D eigenvalue weighted by Crippen LogP contribution is 2.24. The van der Waals surface area contributed by atoms with Crippen LogP contribution in [-0.2, 0) is 4.84 Å². The minimum Gasteiger partial charge on any atom is -0.496 e. The van der Waals surface area contributed by atoms with Crippen LogP contribution in [0.3, 0.4) is 0 Å². The van der Waals surface area contributed by atoms with E-state index < -0.39 is 10.9 Å². The first-order chi connectivity index (χ1) is 14.0. The van der Waals surface area contributed by atoms with Crippen LogP contribution < -0.4 is 4.74 Å². The molecule has 0 aliphatic carbocycles. The molecule has 0 radical (unpaired) electrons. The van der Waals surface area contributed by atoms with E-state index >= 15 is 0 Å². The number of nitro groups is 1. The normalized spacial score (nSPS) is 11.0. The molecule has 0 saturated heterocycles. The van der Waals surface area contributed by atoms with Gasteiger partial charge < -0.3 is 9.57 Å². The smallest absolute Gasteiger partial charge is 0.369 e. The summed E-state index contributed by atoms with van der Waals surface area (Å²) in [4.78, 5) is 32.0. The number of aromatic nitrogens is 1. The minimum absolute atomic E-state index is 0.0662. The zero-order valence-electron chi connectivity index (χ0n) is 15.1. The Morgan fingerprint density at radius 2 is 1.72 bits per heavy atom. The topological polar surface area (TPSA) is 104 Å². The highest BCUT2D eigenvalue weighted by atomic mass is 35.5. The van der Waals surface area contributed by atoms with Gasteiger partial charge in [0, 0.05) is 40.7 Å². The minimum atomic E-state index is -0.766. The number of nitro benzene ring substituents is 1. The molecule has 1 aromatic heterocycles. The molecule has 2 aromatic carbocycles. The van der Waals surface area contributed by atoms with Gasteiger partial charge in [-0.1, -0.05) is 16.8 Å². The van der Waals surface area contributed by atoms with Crippen LogP contribution in [0, 0.1) is 10.1 Å². The number of non-ortho nitro benzene ring substituents is 1. The zero-order valence-corrected chi connectivity index (χ0v) is 15.9. The lowest BCUT2D eigenvalue weighted by Gasteiger charge is -2.08. The second-order valence-electron chi connectivity index (χ2n) is 5.70. The van der Waals surface area contributed by atoms with Crippen molar-refractivity contribution in [2.24, 2.45) is 5.16 Å². The molecular formula is C20H14ClN3O5. The Labute approximate surface area is 170 Å². The van der Waals surface area contributed by atoms with E-state index in [-0.39, 0.29) is 17.0 Å². The van der Waals surface area contributed by atoms with Crippen molar-refractivity contribution in [1.82, 2.24) is 4.98 Å². The molecule has 3 rings (SSSR count). The van der Waals surface area contributed by atoms with Crippen LogP contribution >= 0.6 is 11.6 Å². The van der Waals surface area contributed by atoms with Crippen molar-refractivity contribution in [2.45, 2.75) is 0 Å². The van der Waals surface area contributed by atoms with E-state index in [1.807, 2.05) is 0 Å². The van der Waals surface area contributed by atoms with E-state index in [2.05, 4.69) is 10.1 Å². The fourth-order valence-corrected chi connectivity index (χ4v) is 2.67. The predicted molar refractivity (Wildman–Crippen MR) is 106 cm³/mol. The Balaban J connectivity index is 1.97. The average Bonchev–Trinajstić information content (AvgIpc) is 2.74. The molecule has 3 aromatic rings. The molecule has 146 valence electrons. The lowest BCUT2D eigenvalue weighted by molar-refractivity contribution is -0.384. The van der Waals surface area contributed by atoms with Crippen LogP contribution in [0.15, 0.2) is 72.1 Å². The maximum atomic E-state index is 12.5. The van der Waals surface area contributed by atoms with Gasteiger partial charge in [-0.25, -0.2) is 4.79 Å². The maximum absolute atomic E-state index is 12.5. The number of carbonyl (C=O) groups excluding carboxylic acids is 1. The van der Waals surface area contributed by atoms with Crippen molar-refractivity contribution in [1.29, 1.82) is 0 Å². The molecule has 0 spiro atoms. The lowest BCUT2D eigenvalue weighted by atomic mass is 10.0. The Morgan fingerprint density at radius 3 is 2.34 bits per heavy atom. The number of oxime groups is 1. The van der Waals surface area contributed by atoms with Crippen LogP contribution in [0.2, 0.25) is 5.02 Å². The first-order valence-electron chi connectivity index (χ1n) is 8.27. The van der Waals surface area contributed by atoms with Gasteiger partial charge in [0.05, 0.1) is 12.0 Å². The number of halogens is 1. The Morgan fingerprint density at radius 1 is 1.07 bits per heavy atom. The van der Waals surface area contributed by atoms with Crippen LogP contribution in [0.25, 0.3) is 0 Å². The van der Waals surface area contributed by atoms with E-state index in [4.69, 9.17) is 21.2 Å². The van der Waals surface area contributed by atoms with Gasteiger partial charge >= 0.3 is 5.97 Å². The Hall–Kier alpha value is -3.78. The molecule has 0 atom stereocenters. The van der Waals surface area contributed by atoms with Gasteiger partial charge in [0.15, 0.2) is 0 Å². The number of benzene rings is 2. The van der Waals surface area contributed by atoms with E-state index in [1.54, 1.807) is 36.7 Å². The number of hydrogen-bond donors (Lipinski definition) is 0. The summed E-state index contributed by atoms with van der Waals surface area (Å²) in [6.07, 6.45) is 3.11. The average molecular weight is 412 g/mol. The van der Waals surface area contributed by atoms with Gasteiger partial charge in [0.2, 0.25) is 0 Å². The Bertz CT molecular complexity index is 1070. The monoisotopic (exact) mass is 411 g/mol. The van der Waals surface area contributed by atoms with Crippen molar-refractivity contribution < 1.29 is 19.3 Å². The quantitative estimate of drug-likeness (QED) is 0.260. The molecule has 0 fully saturated rings. The second-order valence-corrected chi connectivity index (χ2v) is 6.14. The molecule has 0 unspecified atom stereocenters. The summed E-state index contributed by atoms with van der Waals surface area (Å²) < 4.78 is 5.15. The fourth-order valence-electron chi connectivity index (χ4n) is 2.50. The van der Waals surface area contributed by atoms with Crippen LogP contribution in [0.1, 0.15) is 21.5 Å². The summed E-state index contributed by atoms with van der Waals surface area (Å²) in [6, 6.07) is 13.6. The summed E-state index contributed by atoms with van der Waals surface area (Å²) in [5.74, 6) is -0.479. The van der Waals surface area contributed by atoms with Gasteiger partial charge in [0.25, 0.3) is 5.69 Å². The third-order valence-electron chi connectivity index (χ3n) is 3.91. The molecule has 0 amide bonds.